The van der Waals surface area contributed by atoms with Crippen LogP contribution in [0.1, 0.15) is 6.42 Å². The van der Waals surface area contributed by atoms with E-state index >= 15 is 0 Å². The van der Waals surface area contributed by atoms with E-state index in [1.54, 1.807) is 18.2 Å². The third kappa shape index (κ3) is 5.17. The van der Waals surface area contributed by atoms with Gasteiger partial charge in [0.05, 0.1) is 18.0 Å². The van der Waals surface area contributed by atoms with Crippen LogP contribution < -0.4 is 9.64 Å². The molecule has 0 unspecified atom stereocenters. The van der Waals surface area contributed by atoms with E-state index in [-0.39, 0.29) is 24.0 Å². The fourth-order valence-electron chi connectivity index (χ4n) is 3.01. The second-order valence-electron chi connectivity index (χ2n) is 6.31. The Kier molecular flexibility index (Phi) is 6.28. The van der Waals surface area contributed by atoms with Crippen LogP contribution in [0.25, 0.3) is 0 Å². The van der Waals surface area contributed by atoms with Gasteiger partial charge < -0.3 is 9.64 Å². The first-order valence-corrected chi connectivity index (χ1v) is 10.4. The van der Waals surface area contributed by atoms with Crippen molar-refractivity contribution in [3.63, 3.8) is 0 Å². The van der Waals surface area contributed by atoms with Crippen LogP contribution in [-0.4, -0.2) is 51.3 Å². The highest BCUT2D eigenvalue weighted by Gasteiger charge is 2.27. The number of rotatable bonds is 7. The number of halogens is 2. The second kappa shape index (κ2) is 8.67. The molecule has 0 N–H and O–H groups in total. The summed E-state index contributed by atoms with van der Waals surface area (Å²) in [6.45, 7) is 1.80. The molecule has 146 valence electrons. The molecule has 2 aromatic rings. The van der Waals surface area contributed by atoms with Gasteiger partial charge in [-0.05, 0) is 42.8 Å². The van der Waals surface area contributed by atoms with Gasteiger partial charge in [0.1, 0.15) is 17.4 Å². The Hall–Kier alpha value is -2.19. The predicted molar refractivity (Wildman–Crippen MR) is 100 cm³/mol. The van der Waals surface area contributed by atoms with Gasteiger partial charge in [0, 0.05) is 26.2 Å². The van der Waals surface area contributed by atoms with Gasteiger partial charge in [-0.15, -0.1) is 0 Å². The summed E-state index contributed by atoms with van der Waals surface area (Å²) in [5.74, 6) is -0.160. The lowest BCUT2D eigenvalue weighted by Gasteiger charge is -2.35. The molecule has 0 amide bonds. The van der Waals surface area contributed by atoms with Crippen LogP contribution >= 0.6 is 0 Å². The number of ether oxygens (including phenoxy) is 1. The molecule has 0 aliphatic carbocycles. The average Bonchev–Trinajstić information content (AvgIpc) is 2.67. The van der Waals surface area contributed by atoms with E-state index in [0.717, 1.165) is 0 Å². The summed E-state index contributed by atoms with van der Waals surface area (Å²) >= 11 is 0. The third-order valence-corrected chi connectivity index (χ3v) is 6.41. The van der Waals surface area contributed by atoms with Gasteiger partial charge in [0.25, 0.3) is 0 Å². The van der Waals surface area contributed by atoms with Crippen LogP contribution in [-0.2, 0) is 10.0 Å². The number of nitrogens with zero attached hydrogens (tertiary/aromatic N) is 2. The van der Waals surface area contributed by atoms with Gasteiger partial charge in [-0.25, -0.2) is 17.2 Å². The van der Waals surface area contributed by atoms with Crippen molar-refractivity contribution in [3.8, 4) is 5.75 Å². The molecule has 0 aromatic heterocycles. The molecule has 0 bridgehead atoms. The normalized spacial score (nSPS) is 15.7. The van der Waals surface area contributed by atoms with Crippen molar-refractivity contribution >= 4 is 15.7 Å². The Bertz CT molecular complexity index is 852. The van der Waals surface area contributed by atoms with Crippen LogP contribution in [0.3, 0.4) is 0 Å². The highest BCUT2D eigenvalue weighted by Crippen LogP contribution is 2.21. The molecular weight excluding hydrogens is 374 g/mol. The lowest BCUT2D eigenvalue weighted by atomic mass is 10.2. The fraction of sp³-hybridized carbons (Fsp3) is 0.368. The van der Waals surface area contributed by atoms with Crippen LogP contribution in [0.2, 0.25) is 0 Å². The molecule has 3 rings (SSSR count). The molecule has 1 fully saturated rings. The Morgan fingerprint density at radius 2 is 1.59 bits per heavy atom. The Labute approximate surface area is 158 Å². The van der Waals surface area contributed by atoms with E-state index in [9.17, 15) is 17.2 Å². The van der Waals surface area contributed by atoms with Crippen LogP contribution in [0.5, 0.6) is 5.75 Å². The lowest BCUT2D eigenvalue weighted by Crippen LogP contribution is -2.49. The summed E-state index contributed by atoms with van der Waals surface area (Å²) in [6.07, 6.45) is 0.341. The van der Waals surface area contributed by atoms with E-state index in [0.29, 0.717) is 44.0 Å². The molecule has 2 aromatic carbocycles. The van der Waals surface area contributed by atoms with Crippen molar-refractivity contribution < 1.29 is 21.9 Å². The van der Waals surface area contributed by atoms with E-state index in [1.807, 2.05) is 4.90 Å². The summed E-state index contributed by atoms with van der Waals surface area (Å²) in [5, 5.41) is 0. The zero-order chi connectivity index (χ0) is 19.3. The number of hydrogen-bond acceptors (Lipinski definition) is 4. The van der Waals surface area contributed by atoms with Crippen molar-refractivity contribution in [2.45, 2.75) is 6.42 Å². The minimum absolute atomic E-state index is 0.0199. The number of hydrogen-bond donors (Lipinski definition) is 0. The quantitative estimate of drug-likeness (QED) is 0.676. The van der Waals surface area contributed by atoms with Crippen LogP contribution in [0, 0.1) is 11.6 Å². The molecule has 0 spiro atoms. The molecule has 1 aliphatic heterocycles. The predicted octanol–water partition coefficient (Wildman–Crippen LogP) is 2.89. The molecule has 0 radical (unpaired) electrons. The van der Waals surface area contributed by atoms with Crippen LogP contribution in [0.15, 0.2) is 48.5 Å². The standard InChI is InChI=1S/C19H22F2N2O3S/c20-16-6-8-17(9-7-16)26-14-3-15-27(24,25)23-12-10-22(11-13-23)19-5-2-1-4-18(19)21/h1-2,4-9H,3,10-15H2. The Morgan fingerprint density at radius 3 is 2.26 bits per heavy atom. The zero-order valence-electron chi connectivity index (χ0n) is 14.9. The molecular formula is C19H22F2N2O3S. The fourth-order valence-corrected chi connectivity index (χ4v) is 4.47. The molecule has 1 aliphatic rings. The molecule has 1 saturated heterocycles. The second-order valence-corrected chi connectivity index (χ2v) is 8.40. The van der Waals surface area contributed by atoms with Gasteiger partial charge in [0.2, 0.25) is 10.0 Å². The first-order chi connectivity index (χ1) is 13.0. The van der Waals surface area contributed by atoms with E-state index in [1.165, 1.54) is 34.6 Å². The average molecular weight is 396 g/mol. The minimum Gasteiger partial charge on any atom is -0.494 e. The van der Waals surface area contributed by atoms with Crippen molar-refractivity contribution in [2.75, 3.05) is 43.4 Å². The zero-order valence-corrected chi connectivity index (χ0v) is 15.7. The molecule has 27 heavy (non-hydrogen) atoms. The third-order valence-electron chi connectivity index (χ3n) is 4.45. The summed E-state index contributed by atoms with van der Waals surface area (Å²) in [7, 11) is -3.39. The van der Waals surface area contributed by atoms with Gasteiger partial charge >= 0.3 is 0 Å². The summed E-state index contributed by atoms with van der Waals surface area (Å²) in [6, 6.07) is 12.1. The van der Waals surface area contributed by atoms with Gasteiger partial charge in [-0.2, -0.15) is 4.31 Å². The first kappa shape index (κ1) is 19.6. The number of anilines is 1. The SMILES string of the molecule is O=S(=O)(CCCOc1ccc(F)cc1)N1CCN(c2ccccc2F)CC1. The Morgan fingerprint density at radius 1 is 0.926 bits per heavy atom. The molecule has 0 atom stereocenters. The van der Waals surface area contributed by atoms with Crippen molar-refractivity contribution in [3.05, 3.63) is 60.2 Å². The smallest absolute Gasteiger partial charge is 0.214 e. The number of benzene rings is 2. The van der Waals surface area contributed by atoms with Crippen molar-refractivity contribution in [2.24, 2.45) is 0 Å². The maximum absolute atomic E-state index is 13.9. The summed E-state index contributed by atoms with van der Waals surface area (Å²) in [5.41, 5.74) is 0.502. The minimum atomic E-state index is -3.39. The lowest BCUT2D eigenvalue weighted by molar-refractivity contribution is 0.314. The number of sulfonamides is 1. The van der Waals surface area contributed by atoms with E-state index < -0.39 is 10.0 Å². The number of piperazine rings is 1. The van der Waals surface area contributed by atoms with Crippen molar-refractivity contribution in [1.82, 2.24) is 4.31 Å². The summed E-state index contributed by atoms with van der Waals surface area (Å²) in [4.78, 5) is 1.86. The first-order valence-electron chi connectivity index (χ1n) is 8.81. The van der Waals surface area contributed by atoms with Crippen molar-refractivity contribution in [1.29, 1.82) is 0 Å². The largest absolute Gasteiger partial charge is 0.494 e. The van der Waals surface area contributed by atoms with E-state index in [2.05, 4.69) is 0 Å². The summed E-state index contributed by atoms with van der Waals surface area (Å²) < 4.78 is 58.5. The van der Waals surface area contributed by atoms with Gasteiger partial charge in [-0.1, -0.05) is 12.1 Å². The highest BCUT2D eigenvalue weighted by molar-refractivity contribution is 7.89. The molecule has 5 nitrogen and oxygen atoms in total. The highest BCUT2D eigenvalue weighted by atomic mass is 32.2. The Balaban J connectivity index is 1.45. The van der Waals surface area contributed by atoms with Gasteiger partial charge in [0.15, 0.2) is 0 Å². The van der Waals surface area contributed by atoms with E-state index in [4.69, 9.17) is 4.74 Å². The molecule has 8 heteroatoms. The maximum Gasteiger partial charge on any atom is 0.214 e. The monoisotopic (exact) mass is 396 g/mol. The number of para-hydroxylation sites is 1. The molecule has 1 heterocycles. The topological polar surface area (TPSA) is 49.9 Å². The molecule has 0 saturated carbocycles. The van der Waals surface area contributed by atoms with Crippen LogP contribution in [0.4, 0.5) is 14.5 Å². The van der Waals surface area contributed by atoms with Gasteiger partial charge in [-0.3, -0.25) is 0 Å². The maximum atomic E-state index is 13.9.